The highest BCUT2D eigenvalue weighted by atomic mass is 16.5. The van der Waals surface area contributed by atoms with Crippen molar-refractivity contribution < 1.29 is 19.1 Å². The van der Waals surface area contributed by atoms with Gasteiger partial charge in [0, 0.05) is 31.9 Å². The molecule has 90 valence electrons. The van der Waals surface area contributed by atoms with Gasteiger partial charge in [0.25, 0.3) is 11.8 Å². The van der Waals surface area contributed by atoms with Crippen LogP contribution in [0.15, 0.2) is 24.3 Å². The first kappa shape index (κ1) is 11.6. The van der Waals surface area contributed by atoms with Gasteiger partial charge in [0.05, 0.1) is 6.04 Å². The van der Waals surface area contributed by atoms with E-state index in [2.05, 4.69) is 0 Å². The van der Waals surface area contributed by atoms with Crippen LogP contribution in [0.5, 0.6) is 0 Å². The molecule has 0 bridgehead atoms. The zero-order valence-corrected chi connectivity index (χ0v) is 9.46. The van der Waals surface area contributed by atoms with Gasteiger partial charge in [-0.2, -0.15) is 0 Å². The molecular formula is C12H13NO4. The molecule has 0 fully saturated rings. The van der Waals surface area contributed by atoms with Crippen LogP contribution in [0.25, 0.3) is 0 Å². The van der Waals surface area contributed by atoms with Gasteiger partial charge in [-0.1, -0.05) is 12.2 Å². The molecule has 0 saturated heterocycles. The summed E-state index contributed by atoms with van der Waals surface area (Å²) in [6, 6.07) is -0.317. The van der Waals surface area contributed by atoms with Crippen molar-refractivity contribution in [2.24, 2.45) is 0 Å². The molecule has 5 nitrogen and oxygen atoms in total. The number of carbonyl (C=O) groups is 3. The van der Waals surface area contributed by atoms with Gasteiger partial charge in [-0.3, -0.25) is 19.3 Å². The van der Waals surface area contributed by atoms with Crippen molar-refractivity contribution in [2.75, 3.05) is 0 Å². The Hall–Kier alpha value is -1.91. The summed E-state index contributed by atoms with van der Waals surface area (Å²) in [5.41, 5.74) is 0. The second-order valence-corrected chi connectivity index (χ2v) is 4.08. The van der Waals surface area contributed by atoms with Crippen molar-refractivity contribution in [1.29, 1.82) is 0 Å². The average Bonchev–Trinajstić information content (AvgIpc) is 2.58. The van der Waals surface area contributed by atoms with Gasteiger partial charge in [0.15, 0.2) is 0 Å². The number of nitrogens with zero attached hydrogens (tertiary/aromatic N) is 1. The standard InChI is InChI=1S/C12H13NO4/c1-8(14)17-10-4-2-3-9(7-10)13-11(15)5-6-12(13)16/h2-3,5-6,9-10H,4,7H2,1H3. The van der Waals surface area contributed by atoms with Crippen molar-refractivity contribution >= 4 is 17.8 Å². The molecule has 0 radical (unpaired) electrons. The number of hydrogen-bond donors (Lipinski definition) is 0. The number of imide groups is 1. The van der Waals surface area contributed by atoms with E-state index in [0.29, 0.717) is 12.8 Å². The fourth-order valence-electron chi connectivity index (χ4n) is 2.09. The van der Waals surface area contributed by atoms with Crippen molar-refractivity contribution in [1.82, 2.24) is 4.90 Å². The van der Waals surface area contributed by atoms with Crippen LogP contribution < -0.4 is 0 Å². The second kappa shape index (κ2) is 4.53. The van der Waals surface area contributed by atoms with Crippen LogP contribution in [0.1, 0.15) is 19.8 Å². The Morgan fingerprint density at radius 1 is 1.35 bits per heavy atom. The minimum absolute atomic E-state index is 0.260. The normalized spacial score (nSPS) is 27.7. The van der Waals surface area contributed by atoms with Gasteiger partial charge in [0.1, 0.15) is 6.10 Å². The second-order valence-electron chi connectivity index (χ2n) is 4.08. The first-order valence-corrected chi connectivity index (χ1v) is 5.47. The Labute approximate surface area is 98.7 Å². The smallest absolute Gasteiger partial charge is 0.302 e. The summed E-state index contributed by atoms with van der Waals surface area (Å²) in [7, 11) is 0. The summed E-state index contributed by atoms with van der Waals surface area (Å²) < 4.78 is 5.09. The van der Waals surface area contributed by atoms with Gasteiger partial charge in [-0.05, 0) is 0 Å². The zero-order valence-electron chi connectivity index (χ0n) is 9.46. The molecule has 2 aliphatic rings. The number of ether oxygens (including phenoxy) is 1. The Kier molecular flexibility index (Phi) is 3.08. The van der Waals surface area contributed by atoms with E-state index in [4.69, 9.17) is 4.74 Å². The lowest BCUT2D eigenvalue weighted by molar-refractivity contribution is -0.147. The minimum atomic E-state index is -0.346. The van der Waals surface area contributed by atoms with Crippen LogP contribution in [0.3, 0.4) is 0 Å². The zero-order chi connectivity index (χ0) is 12.4. The molecular weight excluding hydrogens is 222 g/mol. The monoisotopic (exact) mass is 235 g/mol. The van der Waals surface area contributed by atoms with E-state index in [1.807, 2.05) is 12.2 Å². The Balaban J connectivity index is 2.05. The topological polar surface area (TPSA) is 63.7 Å². The highest BCUT2D eigenvalue weighted by Gasteiger charge is 2.33. The fourth-order valence-corrected chi connectivity index (χ4v) is 2.09. The lowest BCUT2D eigenvalue weighted by Crippen LogP contribution is -2.42. The third kappa shape index (κ3) is 2.43. The molecule has 17 heavy (non-hydrogen) atoms. The molecule has 2 unspecified atom stereocenters. The molecule has 0 N–H and O–H groups in total. The highest BCUT2D eigenvalue weighted by Crippen LogP contribution is 2.22. The Morgan fingerprint density at radius 2 is 2.00 bits per heavy atom. The summed E-state index contributed by atoms with van der Waals surface area (Å²) in [5, 5.41) is 0. The van der Waals surface area contributed by atoms with Crippen LogP contribution in [0.2, 0.25) is 0 Å². The maximum absolute atomic E-state index is 11.5. The molecule has 1 aliphatic carbocycles. The lowest BCUT2D eigenvalue weighted by Gasteiger charge is -2.29. The van der Waals surface area contributed by atoms with E-state index in [0.717, 1.165) is 0 Å². The first-order valence-electron chi connectivity index (χ1n) is 5.47. The predicted octanol–water partition coefficient (Wildman–Crippen LogP) is 0.562. The van der Waals surface area contributed by atoms with E-state index in [-0.39, 0.29) is 29.9 Å². The molecule has 2 rings (SSSR count). The molecule has 0 aromatic heterocycles. The quantitative estimate of drug-likeness (QED) is 0.398. The van der Waals surface area contributed by atoms with Gasteiger partial charge in [-0.15, -0.1) is 0 Å². The molecule has 2 amide bonds. The van der Waals surface area contributed by atoms with Gasteiger partial charge in [0.2, 0.25) is 0 Å². The van der Waals surface area contributed by atoms with Gasteiger partial charge < -0.3 is 4.74 Å². The Morgan fingerprint density at radius 3 is 2.59 bits per heavy atom. The summed E-state index contributed by atoms with van der Waals surface area (Å²) in [5.74, 6) is -0.970. The summed E-state index contributed by atoms with van der Waals surface area (Å²) >= 11 is 0. The van der Waals surface area contributed by atoms with E-state index in [1.54, 1.807) is 0 Å². The van der Waals surface area contributed by atoms with Crippen LogP contribution in [-0.4, -0.2) is 34.8 Å². The molecule has 0 saturated carbocycles. The maximum Gasteiger partial charge on any atom is 0.302 e. The van der Waals surface area contributed by atoms with E-state index < -0.39 is 0 Å². The van der Waals surface area contributed by atoms with Crippen molar-refractivity contribution in [2.45, 2.75) is 31.9 Å². The van der Waals surface area contributed by atoms with Crippen LogP contribution in [0, 0.1) is 0 Å². The third-order valence-corrected chi connectivity index (χ3v) is 2.77. The minimum Gasteiger partial charge on any atom is -0.462 e. The fraction of sp³-hybridized carbons (Fsp3) is 0.417. The van der Waals surface area contributed by atoms with Crippen molar-refractivity contribution in [3.63, 3.8) is 0 Å². The lowest BCUT2D eigenvalue weighted by atomic mass is 9.98. The molecule has 0 spiro atoms. The van der Waals surface area contributed by atoms with Crippen LogP contribution in [0.4, 0.5) is 0 Å². The molecule has 0 aromatic rings. The average molecular weight is 235 g/mol. The van der Waals surface area contributed by atoms with Crippen molar-refractivity contribution in [3.8, 4) is 0 Å². The SMILES string of the molecule is CC(=O)OC1CC=CC(N2C(=O)C=CC2=O)C1. The molecule has 5 heteroatoms. The van der Waals surface area contributed by atoms with Gasteiger partial charge in [-0.25, -0.2) is 0 Å². The summed E-state index contributed by atoms with van der Waals surface area (Å²) in [4.78, 5) is 35.0. The largest absolute Gasteiger partial charge is 0.462 e. The Bertz CT molecular complexity index is 406. The number of carbonyl (C=O) groups excluding carboxylic acids is 3. The van der Waals surface area contributed by atoms with E-state index >= 15 is 0 Å². The number of rotatable bonds is 2. The number of hydrogen-bond acceptors (Lipinski definition) is 4. The number of amides is 2. The van der Waals surface area contributed by atoms with Crippen LogP contribution >= 0.6 is 0 Å². The number of esters is 1. The first-order chi connectivity index (χ1) is 8.08. The molecule has 1 aliphatic heterocycles. The predicted molar refractivity (Wildman–Crippen MR) is 58.7 cm³/mol. The van der Waals surface area contributed by atoms with E-state index in [1.165, 1.54) is 24.0 Å². The highest BCUT2D eigenvalue weighted by molar-refractivity contribution is 6.13. The van der Waals surface area contributed by atoms with Crippen molar-refractivity contribution in [3.05, 3.63) is 24.3 Å². The molecule has 1 heterocycles. The molecule has 2 atom stereocenters. The maximum atomic E-state index is 11.5. The van der Waals surface area contributed by atoms with Gasteiger partial charge >= 0.3 is 5.97 Å². The molecule has 0 aromatic carbocycles. The third-order valence-electron chi connectivity index (χ3n) is 2.77. The van der Waals surface area contributed by atoms with Crippen LogP contribution in [-0.2, 0) is 19.1 Å². The summed E-state index contributed by atoms with van der Waals surface area (Å²) in [6.07, 6.45) is 6.99. The summed E-state index contributed by atoms with van der Waals surface area (Å²) in [6.45, 7) is 1.35. The van der Waals surface area contributed by atoms with E-state index in [9.17, 15) is 14.4 Å².